The fraction of sp³-hybridized carbons (Fsp3) is 0.462. The second kappa shape index (κ2) is 4.65. The minimum Gasteiger partial charge on any atom is -0.366 e. The van der Waals surface area contributed by atoms with E-state index in [2.05, 4.69) is 48.0 Å². The van der Waals surface area contributed by atoms with Crippen LogP contribution < -0.4 is 5.32 Å². The van der Waals surface area contributed by atoms with E-state index >= 15 is 0 Å². The van der Waals surface area contributed by atoms with Crippen LogP contribution in [0.25, 0.3) is 11.0 Å². The average Bonchev–Trinajstić information content (AvgIpc) is 2.28. The van der Waals surface area contributed by atoms with E-state index in [0.29, 0.717) is 12.0 Å². The molecule has 2 aromatic heterocycles. The molecule has 0 spiro atoms. The Bertz CT molecular complexity index is 520. The van der Waals surface area contributed by atoms with Crippen LogP contribution in [-0.4, -0.2) is 21.0 Å². The molecule has 0 aliphatic rings. The highest BCUT2D eigenvalue weighted by molar-refractivity contribution is 5.85. The van der Waals surface area contributed by atoms with Gasteiger partial charge in [0.25, 0.3) is 0 Å². The fourth-order valence-electron chi connectivity index (χ4n) is 1.66. The molecule has 0 fully saturated rings. The minimum absolute atomic E-state index is 0.329. The number of anilines is 1. The molecule has 1 N–H and O–H groups in total. The molecular formula is C13H18N4. The molecule has 0 aliphatic heterocycles. The number of pyridine rings is 1. The van der Waals surface area contributed by atoms with Crippen molar-refractivity contribution in [3.05, 3.63) is 24.2 Å². The maximum Gasteiger partial charge on any atom is 0.154 e. The molecule has 0 radical (unpaired) electrons. The van der Waals surface area contributed by atoms with E-state index in [9.17, 15) is 0 Å². The van der Waals surface area contributed by atoms with E-state index in [0.717, 1.165) is 22.5 Å². The number of hydrogen-bond acceptors (Lipinski definition) is 4. The van der Waals surface area contributed by atoms with Crippen molar-refractivity contribution in [1.82, 2.24) is 15.0 Å². The van der Waals surface area contributed by atoms with Crippen LogP contribution in [0.5, 0.6) is 0 Å². The molecule has 0 aliphatic carbocycles. The average molecular weight is 230 g/mol. The second-order valence-corrected chi connectivity index (χ2v) is 4.77. The molecule has 17 heavy (non-hydrogen) atoms. The summed E-state index contributed by atoms with van der Waals surface area (Å²) in [5.74, 6) is 1.21. The summed E-state index contributed by atoms with van der Waals surface area (Å²) < 4.78 is 0. The predicted molar refractivity (Wildman–Crippen MR) is 70.2 cm³/mol. The summed E-state index contributed by atoms with van der Waals surface area (Å²) in [5.41, 5.74) is 2.78. The molecule has 0 atom stereocenters. The molecule has 90 valence electrons. The number of aromatic nitrogens is 3. The molecule has 2 heterocycles. The predicted octanol–water partition coefficient (Wildman–Crippen LogP) is 2.97. The van der Waals surface area contributed by atoms with Crippen molar-refractivity contribution in [1.29, 1.82) is 0 Å². The van der Waals surface area contributed by atoms with Crippen LogP contribution in [0.3, 0.4) is 0 Å². The Morgan fingerprint density at radius 2 is 1.76 bits per heavy atom. The van der Waals surface area contributed by atoms with Crippen molar-refractivity contribution in [2.45, 2.75) is 39.7 Å². The minimum atomic E-state index is 0.329. The Kier molecular flexibility index (Phi) is 3.22. The van der Waals surface area contributed by atoms with Gasteiger partial charge in [0.1, 0.15) is 5.52 Å². The Balaban J connectivity index is 2.60. The van der Waals surface area contributed by atoms with Crippen LogP contribution in [0.4, 0.5) is 5.82 Å². The van der Waals surface area contributed by atoms with Gasteiger partial charge in [-0.05, 0) is 25.8 Å². The largest absolute Gasteiger partial charge is 0.366 e. The Labute approximate surface area is 102 Å². The van der Waals surface area contributed by atoms with Crippen molar-refractivity contribution in [2.24, 2.45) is 0 Å². The van der Waals surface area contributed by atoms with Gasteiger partial charge in [0.2, 0.25) is 0 Å². The van der Waals surface area contributed by atoms with Gasteiger partial charge >= 0.3 is 0 Å². The van der Waals surface area contributed by atoms with Gasteiger partial charge < -0.3 is 5.32 Å². The molecular weight excluding hydrogens is 212 g/mol. The first-order valence-electron chi connectivity index (χ1n) is 5.96. The van der Waals surface area contributed by atoms with Gasteiger partial charge in [-0.25, -0.2) is 9.97 Å². The van der Waals surface area contributed by atoms with E-state index in [1.807, 2.05) is 6.07 Å². The first-order valence-corrected chi connectivity index (χ1v) is 5.96. The van der Waals surface area contributed by atoms with Gasteiger partial charge in [0.15, 0.2) is 5.82 Å². The monoisotopic (exact) mass is 230 g/mol. The molecule has 2 aromatic rings. The molecule has 0 unspecified atom stereocenters. The van der Waals surface area contributed by atoms with Gasteiger partial charge in [-0.1, -0.05) is 13.8 Å². The summed E-state index contributed by atoms with van der Waals surface area (Å²) in [6, 6.07) is 2.34. The van der Waals surface area contributed by atoms with Crippen molar-refractivity contribution in [3.63, 3.8) is 0 Å². The van der Waals surface area contributed by atoms with Gasteiger partial charge in [0, 0.05) is 24.1 Å². The highest BCUT2D eigenvalue weighted by Crippen LogP contribution is 2.23. The lowest BCUT2D eigenvalue weighted by atomic mass is 10.1. The maximum atomic E-state index is 4.63. The van der Waals surface area contributed by atoms with Crippen LogP contribution in [-0.2, 0) is 0 Å². The summed E-state index contributed by atoms with van der Waals surface area (Å²) >= 11 is 0. The molecule has 4 heteroatoms. The van der Waals surface area contributed by atoms with Crippen LogP contribution >= 0.6 is 0 Å². The van der Waals surface area contributed by atoms with Crippen LogP contribution in [0.1, 0.15) is 39.3 Å². The Hall–Kier alpha value is -1.71. The van der Waals surface area contributed by atoms with Crippen LogP contribution in [0.2, 0.25) is 0 Å². The topological polar surface area (TPSA) is 50.7 Å². The lowest BCUT2D eigenvalue weighted by Crippen LogP contribution is -2.13. The van der Waals surface area contributed by atoms with E-state index in [4.69, 9.17) is 0 Å². The van der Waals surface area contributed by atoms with Gasteiger partial charge in [-0.2, -0.15) is 0 Å². The zero-order chi connectivity index (χ0) is 12.4. The molecule has 4 nitrogen and oxygen atoms in total. The van der Waals surface area contributed by atoms with E-state index in [1.165, 1.54) is 0 Å². The van der Waals surface area contributed by atoms with E-state index in [-0.39, 0.29) is 0 Å². The molecule has 0 aromatic carbocycles. The SMILES string of the molecule is CC(C)Nc1nc(C(C)C)cc2nccnc12. The van der Waals surface area contributed by atoms with Crippen molar-refractivity contribution < 1.29 is 0 Å². The summed E-state index contributed by atoms with van der Waals surface area (Å²) in [6.07, 6.45) is 3.41. The molecule has 2 rings (SSSR count). The van der Waals surface area contributed by atoms with Gasteiger partial charge in [0.05, 0.1) is 5.52 Å². The van der Waals surface area contributed by atoms with Gasteiger partial charge in [-0.3, -0.25) is 4.98 Å². The smallest absolute Gasteiger partial charge is 0.154 e. The number of hydrogen-bond donors (Lipinski definition) is 1. The standard InChI is InChI=1S/C13H18N4/c1-8(2)10-7-11-12(15-6-5-14-11)13(17-10)16-9(3)4/h5-9H,1-4H3,(H,16,17). The Morgan fingerprint density at radius 1 is 1.06 bits per heavy atom. The molecule has 0 saturated carbocycles. The fourth-order valence-corrected chi connectivity index (χ4v) is 1.66. The zero-order valence-electron chi connectivity index (χ0n) is 10.7. The lowest BCUT2D eigenvalue weighted by molar-refractivity contribution is 0.817. The first-order chi connectivity index (χ1) is 8.08. The first kappa shape index (κ1) is 11.8. The Morgan fingerprint density at radius 3 is 2.41 bits per heavy atom. The maximum absolute atomic E-state index is 4.63. The number of nitrogens with one attached hydrogen (secondary N) is 1. The number of fused-ring (bicyclic) bond motifs is 1. The van der Waals surface area contributed by atoms with Crippen molar-refractivity contribution >= 4 is 16.9 Å². The van der Waals surface area contributed by atoms with Crippen LogP contribution in [0.15, 0.2) is 18.5 Å². The summed E-state index contributed by atoms with van der Waals surface area (Å²) in [6.45, 7) is 8.44. The normalized spacial score (nSPS) is 11.4. The molecule has 0 bridgehead atoms. The highest BCUT2D eigenvalue weighted by atomic mass is 15.0. The summed E-state index contributed by atoms with van der Waals surface area (Å²) in [7, 11) is 0. The van der Waals surface area contributed by atoms with Gasteiger partial charge in [-0.15, -0.1) is 0 Å². The third-order valence-corrected chi connectivity index (χ3v) is 2.49. The second-order valence-electron chi connectivity index (χ2n) is 4.77. The van der Waals surface area contributed by atoms with Crippen molar-refractivity contribution in [3.8, 4) is 0 Å². The summed E-state index contributed by atoms with van der Waals surface area (Å²) in [4.78, 5) is 13.3. The third-order valence-electron chi connectivity index (χ3n) is 2.49. The number of rotatable bonds is 3. The van der Waals surface area contributed by atoms with Crippen molar-refractivity contribution in [2.75, 3.05) is 5.32 Å². The molecule has 0 saturated heterocycles. The number of nitrogens with zero attached hydrogens (tertiary/aromatic N) is 3. The lowest BCUT2D eigenvalue weighted by Gasteiger charge is -2.13. The van der Waals surface area contributed by atoms with E-state index in [1.54, 1.807) is 12.4 Å². The zero-order valence-corrected chi connectivity index (χ0v) is 10.7. The van der Waals surface area contributed by atoms with Crippen LogP contribution in [0, 0.1) is 0 Å². The van der Waals surface area contributed by atoms with E-state index < -0.39 is 0 Å². The highest BCUT2D eigenvalue weighted by Gasteiger charge is 2.10. The third kappa shape index (κ3) is 2.52. The quantitative estimate of drug-likeness (QED) is 0.880. The molecule has 0 amide bonds. The summed E-state index contributed by atoms with van der Waals surface area (Å²) in [5, 5.41) is 3.33.